The monoisotopic (exact) mass is 266 g/mol. The van der Waals surface area contributed by atoms with Crippen molar-refractivity contribution in [3.05, 3.63) is 29.8 Å². The molecule has 1 aromatic rings. The first-order chi connectivity index (χ1) is 8.99. The number of hydrogen-bond donors (Lipinski definition) is 1. The number of carbonyl (C=O) groups excluding carboxylic acids is 1. The van der Waals surface area contributed by atoms with Crippen LogP contribution in [0.4, 0.5) is 4.79 Å². The van der Waals surface area contributed by atoms with Gasteiger partial charge in [0.2, 0.25) is 0 Å². The van der Waals surface area contributed by atoms with E-state index in [1.165, 1.54) is 4.90 Å². The molecule has 0 bridgehead atoms. The SMILES string of the molecule is CCN(C)C(=O)Oc1cccc(C(CO)N(C)C)c1. The van der Waals surface area contributed by atoms with Gasteiger partial charge in [-0.25, -0.2) is 4.79 Å². The van der Waals surface area contributed by atoms with Crippen LogP contribution in [0.3, 0.4) is 0 Å². The average molecular weight is 266 g/mol. The van der Waals surface area contributed by atoms with Crippen LogP contribution >= 0.6 is 0 Å². The van der Waals surface area contributed by atoms with Crippen molar-refractivity contribution in [1.82, 2.24) is 9.80 Å². The molecule has 1 rings (SSSR count). The van der Waals surface area contributed by atoms with Gasteiger partial charge in [0, 0.05) is 13.6 Å². The molecule has 0 fully saturated rings. The van der Waals surface area contributed by atoms with E-state index in [1.807, 2.05) is 38.1 Å². The summed E-state index contributed by atoms with van der Waals surface area (Å²) in [5, 5.41) is 9.39. The zero-order valence-corrected chi connectivity index (χ0v) is 12.0. The molecule has 0 saturated carbocycles. The minimum absolute atomic E-state index is 0.0132. The lowest BCUT2D eigenvalue weighted by atomic mass is 10.1. The molecule has 0 radical (unpaired) electrons. The quantitative estimate of drug-likeness (QED) is 0.882. The number of aliphatic hydroxyl groups excluding tert-OH is 1. The van der Waals surface area contributed by atoms with E-state index in [0.29, 0.717) is 12.3 Å². The molecule has 19 heavy (non-hydrogen) atoms. The normalized spacial score (nSPS) is 12.3. The van der Waals surface area contributed by atoms with Crippen molar-refractivity contribution >= 4 is 6.09 Å². The standard InChI is InChI=1S/C14H22N2O3/c1-5-16(4)14(18)19-12-8-6-7-11(9-12)13(10-17)15(2)3/h6-9,13,17H,5,10H2,1-4H3. The molecule has 0 aliphatic rings. The molecule has 5 heteroatoms. The Hall–Kier alpha value is -1.59. The zero-order chi connectivity index (χ0) is 14.4. The van der Waals surface area contributed by atoms with E-state index in [0.717, 1.165) is 5.56 Å². The van der Waals surface area contributed by atoms with E-state index >= 15 is 0 Å². The lowest BCUT2D eigenvalue weighted by Gasteiger charge is -2.23. The Labute approximate surface area is 114 Å². The van der Waals surface area contributed by atoms with Gasteiger partial charge in [-0.2, -0.15) is 0 Å². The summed E-state index contributed by atoms with van der Waals surface area (Å²) in [4.78, 5) is 15.1. The van der Waals surface area contributed by atoms with Crippen LogP contribution in [0.1, 0.15) is 18.5 Å². The van der Waals surface area contributed by atoms with Crippen LogP contribution in [0.5, 0.6) is 5.75 Å². The Morgan fingerprint density at radius 3 is 2.58 bits per heavy atom. The van der Waals surface area contributed by atoms with E-state index in [4.69, 9.17) is 4.74 Å². The second kappa shape index (κ2) is 7.11. The molecular formula is C14H22N2O3. The van der Waals surface area contributed by atoms with Crippen LogP contribution in [0.15, 0.2) is 24.3 Å². The van der Waals surface area contributed by atoms with Crippen molar-refractivity contribution in [1.29, 1.82) is 0 Å². The molecule has 1 aromatic carbocycles. The number of nitrogens with zero attached hydrogens (tertiary/aromatic N) is 2. The summed E-state index contributed by atoms with van der Waals surface area (Å²) in [6.07, 6.45) is -0.384. The van der Waals surface area contributed by atoms with Gasteiger partial charge >= 0.3 is 6.09 Å². The predicted octanol–water partition coefficient (Wildman–Crippen LogP) is 1.73. The van der Waals surface area contributed by atoms with Crippen LogP contribution in [0.2, 0.25) is 0 Å². The van der Waals surface area contributed by atoms with Crippen molar-refractivity contribution < 1.29 is 14.6 Å². The smallest absolute Gasteiger partial charge is 0.410 e. The van der Waals surface area contributed by atoms with Crippen LogP contribution in [0.25, 0.3) is 0 Å². The van der Waals surface area contributed by atoms with E-state index < -0.39 is 0 Å². The Morgan fingerprint density at radius 1 is 1.37 bits per heavy atom. The highest BCUT2D eigenvalue weighted by atomic mass is 16.6. The maximum atomic E-state index is 11.7. The summed E-state index contributed by atoms with van der Waals surface area (Å²) in [6, 6.07) is 7.12. The van der Waals surface area contributed by atoms with Crippen molar-refractivity contribution in [2.24, 2.45) is 0 Å². The maximum Gasteiger partial charge on any atom is 0.414 e. The van der Waals surface area contributed by atoms with Gasteiger partial charge in [-0.1, -0.05) is 12.1 Å². The summed E-state index contributed by atoms with van der Waals surface area (Å²) in [5.74, 6) is 0.489. The van der Waals surface area contributed by atoms with Crippen molar-refractivity contribution in [2.75, 3.05) is 34.3 Å². The van der Waals surface area contributed by atoms with Gasteiger partial charge < -0.3 is 19.6 Å². The highest BCUT2D eigenvalue weighted by Gasteiger charge is 2.15. The average Bonchev–Trinajstić information content (AvgIpc) is 2.38. The lowest BCUT2D eigenvalue weighted by Crippen LogP contribution is -2.29. The van der Waals surface area contributed by atoms with Gasteiger partial charge in [-0.15, -0.1) is 0 Å². The molecule has 1 unspecified atom stereocenters. The molecule has 1 amide bonds. The van der Waals surface area contributed by atoms with Crippen LogP contribution in [0, 0.1) is 0 Å². The van der Waals surface area contributed by atoms with E-state index in [1.54, 1.807) is 19.2 Å². The van der Waals surface area contributed by atoms with Gasteiger partial charge in [0.15, 0.2) is 0 Å². The number of benzene rings is 1. The third-order valence-electron chi connectivity index (χ3n) is 3.03. The number of likely N-dealkylation sites (N-methyl/N-ethyl adjacent to an activating group) is 1. The maximum absolute atomic E-state index is 11.7. The second-order valence-electron chi connectivity index (χ2n) is 4.62. The minimum atomic E-state index is -0.384. The summed E-state index contributed by atoms with van der Waals surface area (Å²) < 4.78 is 5.27. The van der Waals surface area contributed by atoms with Gasteiger partial charge in [-0.05, 0) is 38.7 Å². The first-order valence-corrected chi connectivity index (χ1v) is 6.29. The fourth-order valence-electron chi connectivity index (χ4n) is 1.66. The number of aliphatic hydroxyl groups is 1. The Morgan fingerprint density at radius 2 is 2.05 bits per heavy atom. The fraction of sp³-hybridized carbons (Fsp3) is 0.500. The largest absolute Gasteiger partial charge is 0.414 e. The van der Waals surface area contributed by atoms with Crippen molar-refractivity contribution in [2.45, 2.75) is 13.0 Å². The number of ether oxygens (including phenoxy) is 1. The molecule has 1 N–H and O–H groups in total. The molecule has 0 spiro atoms. The highest BCUT2D eigenvalue weighted by molar-refractivity contribution is 5.70. The Kier molecular flexibility index (Phi) is 5.79. The Balaban J connectivity index is 2.85. The van der Waals surface area contributed by atoms with Gasteiger partial charge in [0.05, 0.1) is 12.6 Å². The molecule has 0 saturated heterocycles. The van der Waals surface area contributed by atoms with Gasteiger partial charge in [-0.3, -0.25) is 0 Å². The fourth-order valence-corrected chi connectivity index (χ4v) is 1.66. The summed E-state index contributed by atoms with van der Waals surface area (Å²) in [7, 11) is 5.47. The Bertz CT molecular complexity index is 421. The minimum Gasteiger partial charge on any atom is -0.410 e. The first-order valence-electron chi connectivity index (χ1n) is 6.29. The van der Waals surface area contributed by atoms with Gasteiger partial charge in [0.1, 0.15) is 5.75 Å². The lowest BCUT2D eigenvalue weighted by molar-refractivity contribution is 0.164. The molecule has 0 aromatic heterocycles. The van der Waals surface area contributed by atoms with Crippen molar-refractivity contribution in [3.8, 4) is 5.75 Å². The molecule has 0 aliphatic carbocycles. The third kappa shape index (κ3) is 4.22. The summed E-state index contributed by atoms with van der Waals surface area (Å²) in [6.45, 7) is 2.49. The van der Waals surface area contributed by atoms with Crippen LogP contribution in [-0.2, 0) is 0 Å². The number of rotatable bonds is 5. The van der Waals surface area contributed by atoms with E-state index in [-0.39, 0.29) is 18.7 Å². The molecule has 1 atom stereocenters. The highest BCUT2D eigenvalue weighted by Crippen LogP contribution is 2.22. The van der Waals surface area contributed by atoms with Crippen LogP contribution < -0.4 is 4.74 Å². The van der Waals surface area contributed by atoms with E-state index in [9.17, 15) is 9.90 Å². The van der Waals surface area contributed by atoms with Crippen molar-refractivity contribution in [3.63, 3.8) is 0 Å². The van der Waals surface area contributed by atoms with Crippen LogP contribution in [-0.4, -0.2) is 55.3 Å². The molecule has 5 nitrogen and oxygen atoms in total. The first kappa shape index (κ1) is 15.5. The molecule has 0 heterocycles. The molecule has 0 aliphatic heterocycles. The predicted molar refractivity (Wildman–Crippen MR) is 74.3 cm³/mol. The topological polar surface area (TPSA) is 53.0 Å². The molecule has 106 valence electrons. The summed E-state index contributed by atoms with van der Waals surface area (Å²) >= 11 is 0. The summed E-state index contributed by atoms with van der Waals surface area (Å²) in [5.41, 5.74) is 0.914. The molecular weight excluding hydrogens is 244 g/mol. The van der Waals surface area contributed by atoms with E-state index in [2.05, 4.69) is 0 Å². The number of carbonyl (C=O) groups is 1. The van der Waals surface area contributed by atoms with Gasteiger partial charge in [0.25, 0.3) is 0 Å². The zero-order valence-electron chi connectivity index (χ0n) is 12.0. The third-order valence-corrected chi connectivity index (χ3v) is 3.03. The number of amides is 1. The second-order valence-corrected chi connectivity index (χ2v) is 4.62. The number of hydrogen-bond acceptors (Lipinski definition) is 4.